The molecule has 1 unspecified atom stereocenters. The van der Waals surface area contributed by atoms with Crippen LogP contribution in [0.3, 0.4) is 0 Å². The molecule has 0 spiro atoms. The van der Waals surface area contributed by atoms with Gasteiger partial charge >= 0.3 is 0 Å². The van der Waals surface area contributed by atoms with Crippen LogP contribution in [0, 0.1) is 11.2 Å². The Labute approximate surface area is 102 Å². The zero-order chi connectivity index (χ0) is 13.1. The molecule has 3 nitrogen and oxygen atoms in total. The fourth-order valence-corrected chi connectivity index (χ4v) is 1.69. The minimum atomic E-state index is -0.338. The molecular formula is C13H21FN2O. The van der Waals surface area contributed by atoms with E-state index in [-0.39, 0.29) is 23.0 Å². The van der Waals surface area contributed by atoms with E-state index in [0.717, 1.165) is 5.56 Å². The molecule has 0 amide bonds. The molecule has 0 aromatic heterocycles. The Hall–Kier alpha value is -1.13. The highest BCUT2D eigenvalue weighted by Crippen LogP contribution is 2.24. The summed E-state index contributed by atoms with van der Waals surface area (Å²) < 4.78 is 18.4. The van der Waals surface area contributed by atoms with E-state index in [1.165, 1.54) is 13.2 Å². The Morgan fingerprint density at radius 3 is 2.47 bits per heavy atom. The molecule has 1 aromatic carbocycles. The molecule has 0 saturated heterocycles. The van der Waals surface area contributed by atoms with Crippen molar-refractivity contribution < 1.29 is 9.13 Å². The van der Waals surface area contributed by atoms with Crippen molar-refractivity contribution in [3.8, 4) is 5.75 Å². The third kappa shape index (κ3) is 3.68. The lowest BCUT2D eigenvalue weighted by Crippen LogP contribution is -2.45. The summed E-state index contributed by atoms with van der Waals surface area (Å²) in [4.78, 5) is 0. The Morgan fingerprint density at radius 2 is 2.06 bits per heavy atom. The van der Waals surface area contributed by atoms with Gasteiger partial charge in [-0.1, -0.05) is 26.8 Å². The van der Waals surface area contributed by atoms with Crippen molar-refractivity contribution in [2.75, 3.05) is 7.11 Å². The minimum Gasteiger partial charge on any atom is -0.494 e. The van der Waals surface area contributed by atoms with Crippen LogP contribution in [0.4, 0.5) is 4.39 Å². The van der Waals surface area contributed by atoms with E-state index >= 15 is 0 Å². The summed E-state index contributed by atoms with van der Waals surface area (Å²) in [5.41, 5.74) is 3.71. The standard InChI is InChI=1S/C13H21FN2O/c1-13(2,3)12(16-15)8-9-5-6-11(17-4)10(14)7-9/h5-7,12,16H,8,15H2,1-4H3. The van der Waals surface area contributed by atoms with Crippen molar-refractivity contribution in [3.05, 3.63) is 29.6 Å². The minimum absolute atomic E-state index is 0.0190. The van der Waals surface area contributed by atoms with E-state index in [4.69, 9.17) is 10.6 Å². The first-order chi connectivity index (χ1) is 7.88. The SMILES string of the molecule is COc1ccc(CC(NN)C(C)(C)C)cc1F. The summed E-state index contributed by atoms with van der Waals surface area (Å²) >= 11 is 0. The fraction of sp³-hybridized carbons (Fsp3) is 0.538. The van der Waals surface area contributed by atoms with Crippen LogP contribution >= 0.6 is 0 Å². The lowest BCUT2D eigenvalue weighted by atomic mass is 9.83. The highest BCUT2D eigenvalue weighted by atomic mass is 19.1. The Kier molecular flexibility index (Phi) is 4.48. The average molecular weight is 240 g/mol. The van der Waals surface area contributed by atoms with Crippen LogP contribution in [-0.4, -0.2) is 13.2 Å². The number of nitrogens with two attached hydrogens (primary N) is 1. The third-order valence-corrected chi connectivity index (χ3v) is 2.90. The van der Waals surface area contributed by atoms with Crippen molar-refractivity contribution in [1.29, 1.82) is 0 Å². The fourth-order valence-electron chi connectivity index (χ4n) is 1.69. The van der Waals surface area contributed by atoms with Crippen molar-refractivity contribution in [2.45, 2.75) is 33.2 Å². The van der Waals surface area contributed by atoms with Crippen molar-refractivity contribution in [3.63, 3.8) is 0 Å². The number of ether oxygens (including phenoxy) is 1. The van der Waals surface area contributed by atoms with Gasteiger partial charge in [0.1, 0.15) is 0 Å². The molecule has 3 N–H and O–H groups in total. The van der Waals surface area contributed by atoms with Gasteiger partial charge in [-0.05, 0) is 29.5 Å². The molecule has 17 heavy (non-hydrogen) atoms. The molecule has 1 atom stereocenters. The van der Waals surface area contributed by atoms with Crippen LogP contribution in [0.2, 0.25) is 0 Å². The number of halogens is 1. The molecule has 0 bridgehead atoms. The summed E-state index contributed by atoms with van der Waals surface area (Å²) in [6.07, 6.45) is 0.681. The highest BCUT2D eigenvalue weighted by Gasteiger charge is 2.23. The summed E-state index contributed by atoms with van der Waals surface area (Å²) in [6, 6.07) is 5.09. The van der Waals surface area contributed by atoms with Crippen LogP contribution in [0.15, 0.2) is 18.2 Å². The van der Waals surface area contributed by atoms with E-state index in [1.807, 2.05) is 6.07 Å². The zero-order valence-electron chi connectivity index (χ0n) is 10.9. The van der Waals surface area contributed by atoms with Gasteiger partial charge in [0.2, 0.25) is 0 Å². The van der Waals surface area contributed by atoms with Crippen LogP contribution in [0.5, 0.6) is 5.75 Å². The van der Waals surface area contributed by atoms with Gasteiger partial charge in [0, 0.05) is 6.04 Å². The van der Waals surface area contributed by atoms with Crippen LogP contribution in [-0.2, 0) is 6.42 Å². The quantitative estimate of drug-likeness (QED) is 0.627. The molecule has 0 saturated carbocycles. The predicted molar refractivity (Wildman–Crippen MR) is 67.2 cm³/mol. The van der Waals surface area contributed by atoms with E-state index in [9.17, 15) is 4.39 Å². The van der Waals surface area contributed by atoms with Gasteiger partial charge in [0.25, 0.3) is 0 Å². The van der Waals surface area contributed by atoms with Crippen molar-refractivity contribution >= 4 is 0 Å². The topological polar surface area (TPSA) is 47.3 Å². The molecule has 1 aromatic rings. The molecule has 0 radical (unpaired) electrons. The smallest absolute Gasteiger partial charge is 0.165 e. The van der Waals surface area contributed by atoms with Gasteiger partial charge in [-0.3, -0.25) is 11.3 Å². The van der Waals surface area contributed by atoms with Gasteiger partial charge in [-0.25, -0.2) is 4.39 Å². The first-order valence-electron chi connectivity index (χ1n) is 5.67. The molecule has 0 fully saturated rings. The lowest BCUT2D eigenvalue weighted by molar-refractivity contribution is 0.268. The largest absolute Gasteiger partial charge is 0.494 e. The summed E-state index contributed by atoms with van der Waals surface area (Å²) in [6.45, 7) is 6.28. The maximum absolute atomic E-state index is 13.5. The van der Waals surface area contributed by atoms with E-state index in [0.29, 0.717) is 6.42 Å². The maximum atomic E-state index is 13.5. The van der Waals surface area contributed by atoms with Crippen LogP contribution < -0.4 is 16.0 Å². The molecule has 0 aliphatic heterocycles. The molecule has 4 heteroatoms. The third-order valence-electron chi connectivity index (χ3n) is 2.90. The highest BCUT2D eigenvalue weighted by molar-refractivity contribution is 5.29. The lowest BCUT2D eigenvalue weighted by Gasteiger charge is -2.30. The summed E-state index contributed by atoms with van der Waals surface area (Å²) in [7, 11) is 1.46. The number of hydrogen-bond donors (Lipinski definition) is 2. The Balaban J connectivity index is 2.84. The molecule has 1 rings (SSSR count). The van der Waals surface area contributed by atoms with E-state index < -0.39 is 0 Å². The van der Waals surface area contributed by atoms with Crippen LogP contribution in [0.25, 0.3) is 0 Å². The second-order valence-corrected chi connectivity index (χ2v) is 5.26. The normalized spacial score (nSPS) is 13.5. The number of methoxy groups -OCH3 is 1. The Bertz CT molecular complexity index is 374. The molecule has 0 heterocycles. The second-order valence-electron chi connectivity index (χ2n) is 5.26. The van der Waals surface area contributed by atoms with Crippen molar-refractivity contribution in [2.24, 2.45) is 11.3 Å². The molecule has 0 aliphatic carbocycles. The van der Waals surface area contributed by atoms with E-state index in [2.05, 4.69) is 26.2 Å². The van der Waals surface area contributed by atoms with Gasteiger partial charge in [-0.2, -0.15) is 0 Å². The summed E-state index contributed by atoms with van der Waals surface area (Å²) in [5.74, 6) is 5.46. The van der Waals surface area contributed by atoms with Gasteiger partial charge in [-0.15, -0.1) is 0 Å². The van der Waals surface area contributed by atoms with Crippen LogP contribution in [0.1, 0.15) is 26.3 Å². The Morgan fingerprint density at radius 1 is 1.41 bits per heavy atom. The molecular weight excluding hydrogens is 219 g/mol. The molecule has 96 valence electrons. The maximum Gasteiger partial charge on any atom is 0.165 e. The molecule has 0 aliphatic rings. The predicted octanol–water partition coefficient (Wildman–Crippen LogP) is 2.25. The number of hydrazine groups is 1. The number of hydrogen-bond acceptors (Lipinski definition) is 3. The number of benzene rings is 1. The first kappa shape index (κ1) is 13.9. The van der Waals surface area contributed by atoms with E-state index in [1.54, 1.807) is 6.07 Å². The first-order valence-corrected chi connectivity index (χ1v) is 5.67. The zero-order valence-corrected chi connectivity index (χ0v) is 10.9. The number of rotatable bonds is 4. The summed E-state index contributed by atoms with van der Waals surface area (Å²) in [5, 5.41) is 0. The average Bonchev–Trinajstić information content (AvgIpc) is 2.24. The van der Waals surface area contributed by atoms with Gasteiger partial charge in [0.05, 0.1) is 7.11 Å². The number of nitrogens with one attached hydrogen (secondary N) is 1. The second kappa shape index (κ2) is 5.47. The monoisotopic (exact) mass is 240 g/mol. The van der Waals surface area contributed by atoms with Crippen molar-refractivity contribution in [1.82, 2.24) is 5.43 Å². The van der Waals surface area contributed by atoms with Gasteiger partial charge < -0.3 is 4.74 Å². The van der Waals surface area contributed by atoms with Gasteiger partial charge in [0.15, 0.2) is 11.6 Å².